The molecule has 2 N–H and O–H groups in total. The predicted octanol–water partition coefficient (Wildman–Crippen LogP) is 5.47. The molecule has 1 saturated heterocycles. The maximum atomic E-state index is 12.4. The number of benzene rings is 1. The van der Waals surface area contributed by atoms with E-state index in [-0.39, 0.29) is 11.2 Å². The van der Waals surface area contributed by atoms with Crippen molar-refractivity contribution in [2.45, 2.75) is 58.1 Å². The molecule has 9 nitrogen and oxygen atoms in total. The molecule has 0 aliphatic carbocycles. The molecule has 0 unspecified atom stereocenters. The standard InChI is InChI=1S/C24H27Cl2N7O2/c1-5-24(35-22(34)30-23(2,3)4)9-11-33(12-10-24)21-28-16(13-27)17-19(31-32-20(17)29-21)14-7-6-8-15(25)18(14)26/h6-8H,5,9-12H2,1-4H3,(H,30,34)(H,28,29,31,32). The highest BCUT2D eigenvalue weighted by Gasteiger charge is 2.38. The van der Waals surface area contributed by atoms with Crippen LogP contribution < -0.4 is 10.2 Å². The molecule has 0 atom stereocenters. The highest BCUT2D eigenvalue weighted by molar-refractivity contribution is 6.43. The van der Waals surface area contributed by atoms with Crippen LogP contribution in [0.5, 0.6) is 0 Å². The number of nitrogens with zero attached hydrogens (tertiary/aromatic N) is 5. The van der Waals surface area contributed by atoms with E-state index in [2.05, 4.69) is 31.6 Å². The van der Waals surface area contributed by atoms with Crippen LogP contribution in [0.4, 0.5) is 10.7 Å². The number of alkyl carbamates (subject to hydrolysis) is 1. The largest absolute Gasteiger partial charge is 0.443 e. The topological polar surface area (TPSA) is 120 Å². The zero-order valence-corrected chi connectivity index (χ0v) is 21.6. The fourth-order valence-electron chi connectivity index (χ4n) is 4.20. The summed E-state index contributed by atoms with van der Waals surface area (Å²) in [7, 11) is 0. The summed E-state index contributed by atoms with van der Waals surface area (Å²) >= 11 is 12.6. The van der Waals surface area contributed by atoms with Gasteiger partial charge < -0.3 is 15.0 Å². The molecule has 1 fully saturated rings. The van der Waals surface area contributed by atoms with E-state index in [1.807, 2.05) is 32.6 Å². The van der Waals surface area contributed by atoms with Crippen LogP contribution in [0.3, 0.4) is 0 Å². The molecule has 1 aliphatic heterocycles. The van der Waals surface area contributed by atoms with Crippen LogP contribution in [0.15, 0.2) is 18.2 Å². The van der Waals surface area contributed by atoms with Gasteiger partial charge in [0.25, 0.3) is 0 Å². The summed E-state index contributed by atoms with van der Waals surface area (Å²) in [5.41, 5.74) is 0.783. The molecule has 0 saturated carbocycles. The second-order valence-corrected chi connectivity index (χ2v) is 10.5. The maximum Gasteiger partial charge on any atom is 0.408 e. The monoisotopic (exact) mass is 515 g/mol. The first kappa shape index (κ1) is 25.0. The van der Waals surface area contributed by atoms with E-state index in [0.717, 1.165) is 0 Å². The second-order valence-electron chi connectivity index (χ2n) is 9.67. The fourth-order valence-corrected chi connectivity index (χ4v) is 4.59. The molecule has 0 bridgehead atoms. The van der Waals surface area contributed by atoms with Crippen LogP contribution in [0.2, 0.25) is 10.0 Å². The number of nitriles is 1. The summed E-state index contributed by atoms with van der Waals surface area (Å²) < 4.78 is 5.87. The number of aromatic nitrogens is 4. The van der Waals surface area contributed by atoms with Gasteiger partial charge in [-0.25, -0.2) is 9.78 Å². The van der Waals surface area contributed by atoms with Crippen LogP contribution in [0.25, 0.3) is 22.3 Å². The van der Waals surface area contributed by atoms with E-state index in [1.54, 1.807) is 18.2 Å². The first-order chi connectivity index (χ1) is 16.6. The minimum Gasteiger partial charge on any atom is -0.443 e. The first-order valence-electron chi connectivity index (χ1n) is 11.4. The van der Waals surface area contributed by atoms with Crippen molar-refractivity contribution < 1.29 is 9.53 Å². The third-order valence-corrected chi connectivity index (χ3v) is 6.94. The van der Waals surface area contributed by atoms with Crippen molar-refractivity contribution in [3.63, 3.8) is 0 Å². The fraction of sp³-hybridized carbons (Fsp3) is 0.458. The quantitative estimate of drug-likeness (QED) is 0.472. The summed E-state index contributed by atoms with van der Waals surface area (Å²) in [6, 6.07) is 7.42. The Morgan fingerprint density at radius 1 is 1.29 bits per heavy atom. The molecule has 1 aliphatic rings. The van der Waals surface area contributed by atoms with Gasteiger partial charge in [-0.2, -0.15) is 15.3 Å². The van der Waals surface area contributed by atoms with Crippen LogP contribution >= 0.6 is 23.2 Å². The van der Waals surface area contributed by atoms with Crippen molar-refractivity contribution in [3.8, 4) is 17.3 Å². The molecule has 184 valence electrons. The van der Waals surface area contributed by atoms with Gasteiger partial charge in [-0.3, -0.25) is 5.10 Å². The molecule has 0 radical (unpaired) electrons. The van der Waals surface area contributed by atoms with Gasteiger partial charge in [-0.15, -0.1) is 0 Å². The molecule has 4 rings (SSSR count). The Morgan fingerprint density at radius 3 is 2.63 bits per heavy atom. The van der Waals surface area contributed by atoms with E-state index in [9.17, 15) is 10.1 Å². The Hall–Kier alpha value is -3.09. The lowest BCUT2D eigenvalue weighted by molar-refractivity contribution is -0.0131. The zero-order chi connectivity index (χ0) is 25.4. The van der Waals surface area contributed by atoms with Gasteiger partial charge in [0.2, 0.25) is 5.95 Å². The molecular formula is C24H27Cl2N7O2. The van der Waals surface area contributed by atoms with Crippen molar-refractivity contribution in [2.75, 3.05) is 18.0 Å². The molecule has 3 heterocycles. The summed E-state index contributed by atoms with van der Waals surface area (Å²) in [4.78, 5) is 23.5. The number of piperidine rings is 1. The Morgan fingerprint density at radius 2 is 2.00 bits per heavy atom. The van der Waals surface area contributed by atoms with Crippen LogP contribution in [-0.4, -0.2) is 50.5 Å². The Labute approximate surface area is 213 Å². The molecule has 2 aromatic heterocycles. The smallest absolute Gasteiger partial charge is 0.408 e. The summed E-state index contributed by atoms with van der Waals surface area (Å²) in [5, 5.41) is 21.2. The number of fused-ring (bicyclic) bond motifs is 1. The highest BCUT2D eigenvalue weighted by Crippen LogP contribution is 2.37. The number of anilines is 1. The number of nitrogens with one attached hydrogen (secondary N) is 2. The van der Waals surface area contributed by atoms with Gasteiger partial charge in [-0.1, -0.05) is 42.3 Å². The maximum absolute atomic E-state index is 12.4. The second kappa shape index (κ2) is 9.51. The molecule has 1 amide bonds. The van der Waals surface area contributed by atoms with Gasteiger partial charge in [0.15, 0.2) is 11.3 Å². The number of hydrogen-bond donors (Lipinski definition) is 2. The number of hydrogen-bond acceptors (Lipinski definition) is 7. The lowest BCUT2D eigenvalue weighted by Gasteiger charge is -2.41. The third-order valence-electron chi connectivity index (χ3n) is 6.12. The summed E-state index contributed by atoms with van der Waals surface area (Å²) in [6.45, 7) is 8.90. The Bertz CT molecular complexity index is 1300. The van der Waals surface area contributed by atoms with Gasteiger partial charge in [0.1, 0.15) is 11.7 Å². The van der Waals surface area contributed by atoms with Crippen LogP contribution in [0.1, 0.15) is 52.7 Å². The number of carbonyl (C=O) groups excluding carboxylic acids is 1. The number of H-pyrrole nitrogens is 1. The number of ether oxygens (including phenoxy) is 1. The van der Waals surface area contributed by atoms with E-state index in [1.165, 1.54) is 0 Å². The number of halogens is 2. The van der Waals surface area contributed by atoms with Crippen molar-refractivity contribution in [3.05, 3.63) is 33.9 Å². The van der Waals surface area contributed by atoms with Crippen molar-refractivity contribution in [1.29, 1.82) is 5.26 Å². The lowest BCUT2D eigenvalue weighted by Crippen LogP contribution is -2.51. The van der Waals surface area contributed by atoms with Crippen molar-refractivity contribution in [1.82, 2.24) is 25.5 Å². The Balaban J connectivity index is 1.59. The van der Waals surface area contributed by atoms with E-state index >= 15 is 0 Å². The zero-order valence-electron chi connectivity index (χ0n) is 20.1. The molecule has 11 heteroatoms. The van der Waals surface area contributed by atoms with E-state index < -0.39 is 11.7 Å². The Kier molecular flexibility index (Phi) is 6.80. The normalized spacial score (nSPS) is 15.6. The minimum atomic E-state index is -0.559. The minimum absolute atomic E-state index is 0.193. The van der Waals surface area contributed by atoms with Gasteiger partial charge >= 0.3 is 6.09 Å². The molecular weight excluding hydrogens is 489 g/mol. The van der Waals surface area contributed by atoms with Crippen molar-refractivity contribution >= 4 is 46.3 Å². The average Bonchev–Trinajstić information content (AvgIpc) is 3.23. The molecule has 3 aromatic rings. The third kappa shape index (κ3) is 5.14. The van der Waals surface area contributed by atoms with Crippen LogP contribution in [0, 0.1) is 11.3 Å². The SMILES string of the molecule is CCC1(OC(=O)NC(C)(C)C)CCN(c2nc(C#N)c3c(-c4cccc(Cl)c4Cl)[nH]nc3n2)CC1. The van der Waals surface area contributed by atoms with Crippen molar-refractivity contribution in [2.24, 2.45) is 0 Å². The summed E-state index contributed by atoms with van der Waals surface area (Å²) in [6.07, 6.45) is 1.52. The van der Waals surface area contributed by atoms with Gasteiger partial charge in [0.05, 0.1) is 21.1 Å². The average molecular weight is 516 g/mol. The number of aromatic amines is 1. The van der Waals surface area contributed by atoms with E-state index in [4.69, 9.17) is 27.9 Å². The molecule has 0 spiro atoms. The number of carbonyl (C=O) groups is 1. The number of amides is 1. The molecule has 35 heavy (non-hydrogen) atoms. The van der Waals surface area contributed by atoms with E-state index in [0.29, 0.717) is 70.6 Å². The number of rotatable bonds is 4. The highest BCUT2D eigenvalue weighted by atomic mass is 35.5. The molecule has 1 aromatic carbocycles. The lowest BCUT2D eigenvalue weighted by atomic mass is 9.88. The summed E-state index contributed by atoms with van der Waals surface area (Å²) in [5.74, 6) is 0.410. The predicted molar refractivity (Wildman–Crippen MR) is 136 cm³/mol. The first-order valence-corrected chi connectivity index (χ1v) is 12.2. The van der Waals surface area contributed by atoms with Gasteiger partial charge in [0, 0.05) is 37.0 Å². The van der Waals surface area contributed by atoms with Gasteiger partial charge in [-0.05, 0) is 33.3 Å². The van der Waals surface area contributed by atoms with Crippen LogP contribution in [-0.2, 0) is 4.74 Å².